The number of hydrogen-bond acceptors (Lipinski definition) is 4. The third-order valence-electron chi connectivity index (χ3n) is 1.52. The Morgan fingerprint density at radius 2 is 2.20 bits per heavy atom. The molecule has 1 aromatic rings. The zero-order valence-corrected chi connectivity index (χ0v) is 9.97. The average molecular weight is 290 g/mol. The van der Waals surface area contributed by atoms with Crippen LogP contribution >= 0.6 is 15.9 Å². The molecule has 80 valence electrons. The average Bonchev–Trinajstić information content (AvgIpc) is 2.10. The van der Waals surface area contributed by atoms with Crippen LogP contribution in [0.2, 0.25) is 0 Å². The molecule has 0 atom stereocenters. The molecule has 1 rings (SSSR count). The van der Waals surface area contributed by atoms with Crippen LogP contribution in [0.5, 0.6) is 0 Å². The van der Waals surface area contributed by atoms with Crippen molar-refractivity contribution < 1.29 is 8.42 Å². The van der Waals surface area contributed by atoms with Crippen LogP contribution < -0.4 is 10.5 Å². The van der Waals surface area contributed by atoms with Gasteiger partial charge in [0, 0.05) is 10.2 Å². The summed E-state index contributed by atoms with van der Waals surface area (Å²) in [6.45, 7) is 0. The molecular weight excluding hydrogens is 282 g/mol. The molecular formula is C8H8BrN3O2S. The Kier molecular flexibility index (Phi) is 3.55. The number of nitriles is 1. The summed E-state index contributed by atoms with van der Waals surface area (Å²) in [4.78, 5) is 0. The fourth-order valence-electron chi connectivity index (χ4n) is 0.908. The highest BCUT2D eigenvalue weighted by Gasteiger charge is 2.09. The molecule has 0 fully saturated rings. The van der Waals surface area contributed by atoms with E-state index in [9.17, 15) is 8.42 Å². The largest absolute Gasteiger partial charge is 0.398 e. The van der Waals surface area contributed by atoms with Gasteiger partial charge in [0.25, 0.3) is 0 Å². The predicted octanol–water partition coefficient (Wildman–Crippen LogP) is 1.30. The number of halogens is 1. The van der Waals surface area contributed by atoms with E-state index in [1.165, 1.54) is 6.07 Å². The molecule has 0 radical (unpaired) electrons. The van der Waals surface area contributed by atoms with Crippen LogP contribution in [0.4, 0.5) is 11.4 Å². The Bertz CT molecular complexity index is 507. The first-order valence-electron chi connectivity index (χ1n) is 3.87. The third-order valence-corrected chi connectivity index (χ3v) is 3.30. The Balaban J connectivity index is 2.92. The molecule has 0 bridgehead atoms. The van der Waals surface area contributed by atoms with Gasteiger partial charge in [0.15, 0.2) is 5.75 Å². The minimum Gasteiger partial charge on any atom is -0.398 e. The molecule has 0 saturated heterocycles. The lowest BCUT2D eigenvalue weighted by Crippen LogP contribution is -2.15. The van der Waals surface area contributed by atoms with Crippen molar-refractivity contribution in [3.63, 3.8) is 0 Å². The molecule has 5 nitrogen and oxygen atoms in total. The highest BCUT2D eigenvalue weighted by Crippen LogP contribution is 2.23. The summed E-state index contributed by atoms with van der Waals surface area (Å²) in [5, 5.41) is 8.28. The van der Waals surface area contributed by atoms with Gasteiger partial charge in [-0.15, -0.1) is 0 Å². The fraction of sp³-hybridized carbons (Fsp3) is 0.125. The van der Waals surface area contributed by atoms with E-state index in [1.54, 1.807) is 18.2 Å². The molecule has 0 aromatic heterocycles. The number of benzene rings is 1. The molecule has 0 heterocycles. The minimum absolute atomic E-state index is 0.339. The molecule has 0 spiro atoms. The lowest BCUT2D eigenvalue weighted by molar-refractivity contribution is 0.604. The van der Waals surface area contributed by atoms with Crippen LogP contribution in [0.25, 0.3) is 0 Å². The Morgan fingerprint density at radius 3 is 2.73 bits per heavy atom. The first-order chi connectivity index (χ1) is 6.94. The van der Waals surface area contributed by atoms with Gasteiger partial charge in [0.05, 0.1) is 11.8 Å². The molecule has 7 heteroatoms. The van der Waals surface area contributed by atoms with Crippen molar-refractivity contribution in [2.75, 3.05) is 16.2 Å². The zero-order valence-electron chi connectivity index (χ0n) is 7.57. The van der Waals surface area contributed by atoms with Crippen molar-refractivity contribution in [3.8, 4) is 6.07 Å². The van der Waals surface area contributed by atoms with Gasteiger partial charge in [-0.1, -0.05) is 0 Å². The number of anilines is 2. The van der Waals surface area contributed by atoms with E-state index >= 15 is 0 Å². The van der Waals surface area contributed by atoms with Crippen LogP contribution in [-0.2, 0) is 10.0 Å². The molecule has 0 saturated carbocycles. The Labute approximate surface area is 96.1 Å². The highest BCUT2D eigenvalue weighted by molar-refractivity contribution is 9.10. The van der Waals surface area contributed by atoms with Crippen molar-refractivity contribution in [3.05, 3.63) is 22.7 Å². The van der Waals surface area contributed by atoms with Gasteiger partial charge in [0.2, 0.25) is 10.0 Å². The maximum absolute atomic E-state index is 11.2. The smallest absolute Gasteiger partial charge is 0.246 e. The van der Waals surface area contributed by atoms with E-state index in [0.29, 0.717) is 15.8 Å². The standard InChI is InChI=1S/C8H8BrN3O2S/c9-7-2-1-6(5-8(7)11)12-15(13,14)4-3-10/h1-2,5,12H,4,11H2. The Morgan fingerprint density at radius 1 is 1.53 bits per heavy atom. The van der Waals surface area contributed by atoms with Crippen molar-refractivity contribution in [2.45, 2.75) is 0 Å². The number of hydrogen-bond donors (Lipinski definition) is 2. The van der Waals surface area contributed by atoms with E-state index in [2.05, 4.69) is 20.7 Å². The molecule has 0 aliphatic rings. The summed E-state index contributed by atoms with van der Waals surface area (Å²) in [6, 6.07) is 6.21. The van der Waals surface area contributed by atoms with E-state index in [-0.39, 0.29) is 0 Å². The normalized spacial score (nSPS) is 10.7. The monoisotopic (exact) mass is 289 g/mol. The van der Waals surface area contributed by atoms with E-state index < -0.39 is 15.8 Å². The molecule has 0 aliphatic heterocycles. The van der Waals surface area contributed by atoms with Crippen molar-refractivity contribution >= 4 is 37.3 Å². The third kappa shape index (κ3) is 3.42. The highest BCUT2D eigenvalue weighted by atomic mass is 79.9. The van der Waals surface area contributed by atoms with Crippen LogP contribution in [-0.4, -0.2) is 14.2 Å². The van der Waals surface area contributed by atoms with Crippen molar-refractivity contribution in [2.24, 2.45) is 0 Å². The second kappa shape index (κ2) is 4.51. The quantitative estimate of drug-likeness (QED) is 0.820. The van der Waals surface area contributed by atoms with Crippen LogP contribution in [0, 0.1) is 11.3 Å². The second-order valence-corrected chi connectivity index (χ2v) is 5.33. The summed E-state index contributed by atoms with van der Waals surface area (Å²) in [5.41, 5.74) is 6.33. The lowest BCUT2D eigenvalue weighted by atomic mass is 10.3. The van der Waals surface area contributed by atoms with Crippen molar-refractivity contribution in [1.82, 2.24) is 0 Å². The van der Waals surface area contributed by atoms with E-state index in [0.717, 1.165) is 0 Å². The van der Waals surface area contributed by atoms with E-state index in [1.807, 2.05) is 0 Å². The van der Waals surface area contributed by atoms with Crippen LogP contribution in [0.1, 0.15) is 0 Å². The van der Waals surface area contributed by atoms with E-state index in [4.69, 9.17) is 11.0 Å². The molecule has 15 heavy (non-hydrogen) atoms. The summed E-state index contributed by atoms with van der Waals surface area (Å²) < 4.78 is 25.3. The first kappa shape index (κ1) is 11.8. The van der Waals surface area contributed by atoms with Gasteiger partial charge in [-0.2, -0.15) is 5.26 Å². The number of nitrogens with one attached hydrogen (secondary N) is 1. The van der Waals surface area contributed by atoms with Gasteiger partial charge in [-0.05, 0) is 34.1 Å². The maximum Gasteiger partial charge on any atom is 0.246 e. The fourth-order valence-corrected chi connectivity index (χ4v) is 1.88. The SMILES string of the molecule is N#CCS(=O)(=O)Nc1ccc(Br)c(N)c1. The second-order valence-electron chi connectivity index (χ2n) is 2.76. The first-order valence-corrected chi connectivity index (χ1v) is 6.31. The van der Waals surface area contributed by atoms with Gasteiger partial charge in [-0.3, -0.25) is 4.72 Å². The maximum atomic E-state index is 11.2. The summed E-state index contributed by atoms with van der Waals surface area (Å²) >= 11 is 3.19. The predicted molar refractivity (Wildman–Crippen MR) is 61.6 cm³/mol. The van der Waals surface area contributed by atoms with Gasteiger partial charge in [-0.25, -0.2) is 8.42 Å². The molecule has 0 unspecified atom stereocenters. The number of nitrogens with zero attached hydrogens (tertiary/aromatic N) is 1. The molecule has 0 aliphatic carbocycles. The van der Waals surface area contributed by atoms with Gasteiger partial charge in [0.1, 0.15) is 0 Å². The van der Waals surface area contributed by atoms with Crippen LogP contribution in [0.15, 0.2) is 22.7 Å². The van der Waals surface area contributed by atoms with Gasteiger partial charge < -0.3 is 5.73 Å². The number of rotatable bonds is 3. The minimum atomic E-state index is -3.60. The lowest BCUT2D eigenvalue weighted by Gasteiger charge is -2.06. The zero-order chi connectivity index (χ0) is 11.5. The van der Waals surface area contributed by atoms with Gasteiger partial charge >= 0.3 is 0 Å². The number of sulfonamides is 1. The van der Waals surface area contributed by atoms with Crippen molar-refractivity contribution in [1.29, 1.82) is 5.26 Å². The summed E-state index contributed by atoms with van der Waals surface area (Å²) in [5.74, 6) is -0.580. The summed E-state index contributed by atoms with van der Waals surface area (Å²) in [7, 11) is -3.60. The summed E-state index contributed by atoms with van der Waals surface area (Å²) in [6.07, 6.45) is 0. The topological polar surface area (TPSA) is 96.0 Å². The molecule has 3 N–H and O–H groups in total. The molecule has 0 amide bonds. The number of nitrogen functional groups attached to an aromatic ring is 1. The molecule has 1 aromatic carbocycles. The van der Waals surface area contributed by atoms with Crippen LogP contribution in [0.3, 0.4) is 0 Å². The Hall–Kier alpha value is -1.26. The number of nitrogens with two attached hydrogens (primary N) is 1.